The lowest BCUT2D eigenvalue weighted by Crippen LogP contribution is -2.42. The number of unbranched alkanes of at least 4 members (excludes halogenated alkanes) is 3. The predicted octanol–water partition coefficient (Wildman–Crippen LogP) is 1.92. The molecule has 0 saturated heterocycles. The molecule has 1 saturated carbocycles. The van der Waals surface area contributed by atoms with Gasteiger partial charge in [-0.25, -0.2) is 0 Å². The molecular formula is C15H30N2O2. The number of carbonyl (C=O) groups is 1. The van der Waals surface area contributed by atoms with Crippen LogP contribution in [0, 0.1) is 0 Å². The summed E-state index contributed by atoms with van der Waals surface area (Å²) in [5.74, 6) is 0.137. The van der Waals surface area contributed by atoms with Crippen LogP contribution in [0.2, 0.25) is 0 Å². The Bertz CT molecular complexity index is 240. The largest absolute Gasteiger partial charge is 0.395 e. The van der Waals surface area contributed by atoms with Crippen molar-refractivity contribution in [1.29, 1.82) is 0 Å². The maximum atomic E-state index is 12.1. The molecule has 1 rings (SSSR count). The Kier molecular flexibility index (Phi) is 8.84. The number of nitrogens with zero attached hydrogens (tertiary/aromatic N) is 1. The van der Waals surface area contributed by atoms with E-state index in [-0.39, 0.29) is 12.5 Å². The van der Waals surface area contributed by atoms with Gasteiger partial charge in [-0.1, -0.05) is 39.0 Å². The number of amides is 1. The van der Waals surface area contributed by atoms with Crippen molar-refractivity contribution in [1.82, 2.24) is 10.2 Å². The third kappa shape index (κ3) is 6.92. The van der Waals surface area contributed by atoms with Gasteiger partial charge in [0.2, 0.25) is 5.91 Å². The van der Waals surface area contributed by atoms with Crippen molar-refractivity contribution in [3.8, 4) is 0 Å². The van der Waals surface area contributed by atoms with Crippen LogP contribution >= 0.6 is 0 Å². The van der Waals surface area contributed by atoms with Crippen molar-refractivity contribution in [3.05, 3.63) is 0 Å². The van der Waals surface area contributed by atoms with Crippen LogP contribution in [0.3, 0.4) is 0 Å². The lowest BCUT2D eigenvalue weighted by Gasteiger charge is -2.23. The van der Waals surface area contributed by atoms with Gasteiger partial charge in [0.25, 0.3) is 0 Å². The van der Waals surface area contributed by atoms with E-state index in [0.29, 0.717) is 19.1 Å². The first-order valence-corrected chi connectivity index (χ1v) is 7.90. The zero-order chi connectivity index (χ0) is 13.9. The number of aliphatic hydroxyl groups excluding tert-OH is 1. The first-order chi connectivity index (χ1) is 9.27. The van der Waals surface area contributed by atoms with Gasteiger partial charge >= 0.3 is 0 Å². The molecule has 1 amide bonds. The summed E-state index contributed by atoms with van der Waals surface area (Å²) >= 11 is 0. The van der Waals surface area contributed by atoms with E-state index in [1.54, 1.807) is 4.90 Å². The van der Waals surface area contributed by atoms with E-state index in [2.05, 4.69) is 12.2 Å². The highest BCUT2D eigenvalue weighted by Crippen LogP contribution is 2.17. The molecule has 4 nitrogen and oxygen atoms in total. The van der Waals surface area contributed by atoms with Gasteiger partial charge in [-0.15, -0.1) is 0 Å². The summed E-state index contributed by atoms with van der Waals surface area (Å²) in [5.41, 5.74) is 0. The van der Waals surface area contributed by atoms with Crippen LogP contribution in [-0.4, -0.2) is 48.2 Å². The van der Waals surface area contributed by atoms with Crippen LogP contribution in [0.1, 0.15) is 58.3 Å². The SMILES string of the molecule is CCCCCCN(CCO)C(=O)CNC1CCCC1. The molecule has 1 aliphatic carbocycles. The van der Waals surface area contributed by atoms with Crippen LogP contribution in [0.5, 0.6) is 0 Å². The molecule has 112 valence electrons. The lowest BCUT2D eigenvalue weighted by atomic mass is 10.2. The molecule has 0 aromatic carbocycles. The van der Waals surface area contributed by atoms with Crippen molar-refractivity contribution >= 4 is 5.91 Å². The van der Waals surface area contributed by atoms with Crippen LogP contribution in [0.4, 0.5) is 0 Å². The number of carbonyl (C=O) groups excluding carboxylic acids is 1. The van der Waals surface area contributed by atoms with Crippen molar-refractivity contribution in [2.24, 2.45) is 0 Å². The molecular weight excluding hydrogens is 240 g/mol. The molecule has 0 unspecified atom stereocenters. The fraction of sp³-hybridized carbons (Fsp3) is 0.933. The number of nitrogens with one attached hydrogen (secondary N) is 1. The van der Waals surface area contributed by atoms with E-state index >= 15 is 0 Å². The molecule has 2 N–H and O–H groups in total. The fourth-order valence-corrected chi connectivity index (χ4v) is 2.68. The van der Waals surface area contributed by atoms with Crippen molar-refractivity contribution in [2.75, 3.05) is 26.2 Å². The predicted molar refractivity (Wildman–Crippen MR) is 78.1 cm³/mol. The summed E-state index contributed by atoms with van der Waals surface area (Å²) in [4.78, 5) is 13.9. The van der Waals surface area contributed by atoms with E-state index in [4.69, 9.17) is 5.11 Å². The number of hydrogen-bond acceptors (Lipinski definition) is 3. The van der Waals surface area contributed by atoms with Gasteiger partial charge in [-0.3, -0.25) is 4.79 Å². The third-order valence-corrected chi connectivity index (χ3v) is 3.90. The van der Waals surface area contributed by atoms with Gasteiger partial charge in [0.15, 0.2) is 0 Å². The Morgan fingerprint density at radius 2 is 1.95 bits per heavy atom. The fourth-order valence-electron chi connectivity index (χ4n) is 2.68. The van der Waals surface area contributed by atoms with Gasteiger partial charge in [0.1, 0.15) is 0 Å². The third-order valence-electron chi connectivity index (χ3n) is 3.90. The van der Waals surface area contributed by atoms with Crippen LogP contribution in [0.25, 0.3) is 0 Å². The molecule has 1 aliphatic rings. The van der Waals surface area contributed by atoms with Crippen molar-refractivity contribution in [3.63, 3.8) is 0 Å². The Hall–Kier alpha value is -0.610. The molecule has 0 aromatic heterocycles. The summed E-state index contributed by atoms with van der Waals surface area (Å²) in [7, 11) is 0. The second kappa shape index (κ2) is 10.2. The maximum absolute atomic E-state index is 12.1. The number of hydrogen-bond donors (Lipinski definition) is 2. The molecule has 0 heterocycles. The summed E-state index contributed by atoms with van der Waals surface area (Å²) in [6.07, 6.45) is 9.60. The van der Waals surface area contributed by atoms with E-state index in [0.717, 1.165) is 13.0 Å². The van der Waals surface area contributed by atoms with Crippen molar-refractivity contribution < 1.29 is 9.90 Å². The van der Waals surface area contributed by atoms with Gasteiger partial charge in [0, 0.05) is 19.1 Å². The molecule has 0 atom stereocenters. The standard InChI is InChI=1S/C15H30N2O2/c1-2-3-4-7-10-17(11-12-18)15(19)13-16-14-8-5-6-9-14/h14,16,18H,2-13H2,1H3. The van der Waals surface area contributed by atoms with Gasteiger partial charge in [0.05, 0.1) is 13.2 Å². The van der Waals surface area contributed by atoms with E-state index in [9.17, 15) is 4.79 Å². The molecule has 0 spiro atoms. The van der Waals surface area contributed by atoms with Crippen LogP contribution in [-0.2, 0) is 4.79 Å². The Morgan fingerprint density at radius 1 is 1.21 bits per heavy atom. The average Bonchev–Trinajstić information content (AvgIpc) is 2.93. The Balaban J connectivity index is 2.21. The van der Waals surface area contributed by atoms with Gasteiger partial charge < -0.3 is 15.3 Å². The summed E-state index contributed by atoms with van der Waals surface area (Å²) in [5, 5.41) is 12.4. The second-order valence-corrected chi connectivity index (χ2v) is 5.53. The summed E-state index contributed by atoms with van der Waals surface area (Å²) in [6, 6.07) is 0.528. The van der Waals surface area contributed by atoms with E-state index in [1.165, 1.54) is 44.9 Å². The lowest BCUT2D eigenvalue weighted by molar-refractivity contribution is -0.131. The zero-order valence-electron chi connectivity index (χ0n) is 12.4. The summed E-state index contributed by atoms with van der Waals surface area (Å²) in [6.45, 7) is 3.92. The smallest absolute Gasteiger partial charge is 0.236 e. The molecule has 1 fully saturated rings. The Labute approximate surface area is 117 Å². The van der Waals surface area contributed by atoms with E-state index in [1.807, 2.05) is 0 Å². The Morgan fingerprint density at radius 3 is 2.58 bits per heavy atom. The minimum atomic E-state index is 0.0585. The normalized spacial score (nSPS) is 15.9. The van der Waals surface area contributed by atoms with Crippen molar-refractivity contribution in [2.45, 2.75) is 64.3 Å². The zero-order valence-corrected chi connectivity index (χ0v) is 12.4. The molecule has 4 heteroatoms. The molecule has 0 bridgehead atoms. The minimum Gasteiger partial charge on any atom is -0.395 e. The highest BCUT2D eigenvalue weighted by molar-refractivity contribution is 5.78. The van der Waals surface area contributed by atoms with Gasteiger partial charge in [-0.2, -0.15) is 0 Å². The minimum absolute atomic E-state index is 0.0585. The average molecular weight is 270 g/mol. The quantitative estimate of drug-likeness (QED) is 0.596. The highest BCUT2D eigenvalue weighted by atomic mass is 16.3. The molecule has 0 aliphatic heterocycles. The topological polar surface area (TPSA) is 52.6 Å². The van der Waals surface area contributed by atoms with E-state index < -0.39 is 0 Å². The number of aliphatic hydroxyl groups is 1. The molecule has 19 heavy (non-hydrogen) atoms. The highest BCUT2D eigenvalue weighted by Gasteiger charge is 2.17. The van der Waals surface area contributed by atoms with Gasteiger partial charge in [-0.05, 0) is 19.3 Å². The first kappa shape index (κ1) is 16.4. The van der Waals surface area contributed by atoms with Crippen LogP contribution in [0.15, 0.2) is 0 Å². The number of rotatable bonds is 10. The first-order valence-electron chi connectivity index (χ1n) is 7.90. The molecule has 0 aromatic rings. The monoisotopic (exact) mass is 270 g/mol. The summed E-state index contributed by atoms with van der Waals surface area (Å²) < 4.78 is 0. The maximum Gasteiger partial charge on any atom is 0.236 e. The molecule has 0 radical (unpaired) electrons. The van der Waals surface area contributed by atoms with Crippen LogP contribution < -0.4 is 5.32 Å². The second-order valence-electron chi connectivity index (χ2n) is 5.53.